The van der Waals surface area contributed by atoms with Crippen LogP contribution < -0.4 is 0 Å². The lowest BCUT2D eigenvalue weighted by Gasteiger charge is -2.41. The number of benzene rings is 3. The number of aliphatic hydroxyl groups excluding tert-OH is 1. The van der Waals surface area contributed by atoms with Crippen LogP contribution in [0.1, 0.15) is 23.1 Å². The molecule has 0 amide bonds. The maximum absolute atomic E-state index is 11.8. The van der Waals surface area contributed by atoms with Gasteiger partial charge in [0.1, 0.15) is 18.3 Å². The zero-order valence-corrected chi connectivity index (χ0v) is 18.8. The average Bonchev–Trinajstić information content (AvgIpc) is 2.87. The molecule has 1 aliphatic carbocycles. The van der Waals surface area contributed by atoms with Crippen LogP contribution in [-0.4, -0.2) is 40.5 Å². The van der Waals surface area contributed by atoms with Gasteiger partial charge in [-0.05, 0) is 16.7 Å². The SMILES string of the molecule is O=[N+]([O-])C1CC(OCc2ccccc2)C(OCc2ccccc2)C(OCc2ccccc2)C1O. The Morgan fingerprint density at radius 3 is 1.56 bits per heavy atom. The molecule has 1 saturated carbocycles. The molecule has 3 aromatic carbocycles. The highest BCUT2D eigenvalue weighted by Crippen LogP contribution is 2.31. The molecule has 0 aromatic heterocycles. The minimum absolute atomic E-state index is 0.0334. The van der Waals surface area contributed by atoms with Crippen LogP contribution in [0.3, 0.4) is 0 Å². The van der Waals surface area contributed by atoms with Gasteiger partial charge in [0.05, 0.1) is 25.9 Å². The fraction of sp³-hybridized carbons (Fsp3) is 0.333. The van der Waals surface area contributed by atoms with E-state index in [1.165, 1.54) is 0 Å². The fourth-order valence-corrected chi connectivity index (χ4v) is 4.22. The van der Waals surface area contributed by atoms with Crippen molar-refractivity contribution in [3.63, 3.8) is 0 Å². The largest absolute Gasteiger partial charge is 0.383 e. The smallest absolute Gasteiger partial charge is 0.243 e. The minimum atomic E-state index is -1.32. The van der Waals surface area contributed by atoms with E-state index in [-0.39, 0.29) is 26.2 Å². The molecular weight excluding hydrogens is 434 g/mol. The third kappa shape index (κ3) is 6.27. The number of nitro groups is 1. The first-order chi connectivity index (χ1) is 16.6. The highest BCUT2D eigenvalue weighted by molar-refractivity contribution is 5.15. The van der Waals surface area contributed by atoms with Crippen LogP contribution in [0.4, 0.5) is 0 Å². The Morgan fingerprint density at radius 2 is 1.12 bits per heavy atom. The average molecular weight is 464 g/mol. The Labute approximate surface area is 199 Å². The zero-order valence-electron chi connectivity index (χ0n) is 18.8. The molecule has 0 aliphatic heterocycles. The number of rotatable bonds is 10. The summed E-state index contributed by atoms with van der Waals surface area (Å²) < 4.78 is 18.5. The van der Waals surface area contributed by atoms with Gasteiger partial charge in [0.25, 0.3) is 0 Å². The van der Waals surface area contributed by atoms with E-state index in [9.17, 15) is 15.2 Å². The maximum Gasteiger partial charge on any atom is 0.243 e. The van der Waals surface area contributed by atoms with Crippen LogP contribution in [0.2, 0.25) is 0 Å². The van der Waals surface area contributed by atoms with Crippen molar-refractivity contribution in [3.05, 3.63) is 118 Å². The summed E-state index contributed by atoms with van der Waals surface area (Å²) in [5.41, 5.74) is 2.81. The lowest BCUT2D eigenvalue weighted by atomic mass is 9.85. The van der Waals surface area contributed by atoms with Gasteiger partial charge in [0.15, 0.2) is 0 Å². The van der Waals surface area contributed by atoms with Crippen molar-refractivity contribution in [2.75, 3.05) is 0 Å². The first kappa shape index (κ1) is 24.0. The van der Waals surface area contributed by atoms with Crippen LogP contribution >= 0.6 is 0 Å². The van der Waals surface area contributed by atoms with Crippen molar-refractivity contribution < 1.29 is 24.2 Å². The molecule has 1 N–H and O–H groups in total. The van der Waals surface area contributed by atoms with Crippen molar-refractivity contribution >= 4 is 0 Å². The second-order valence-corrected chi connectivity index (χ2v) is 8.44. The van der Waals surface area contributed by atoms with Gasteiger partial charge in [-0.2, -0.15) is 0 Å². The van der Waals surface area contributed by atoms with E-state index in [1.54, 1.807) is 0 Å². The molecular formula is C27H29NO6. The predicted molar refractivity (Wildman–Crippen MR) is 126 cm³/mol. The quantitative estimate of drug-likeness (QED) is 0.359. The number of ether oxygens (including phenoxy) is 3. The molecule has 5 unspecified atom stereocenters. The number of hydrogen-bond donors (Lipinski definition) is 1. The Bertz CT molecular complexity index is 1020. The van der Waals surface area contributed by atoms with E-state index in [0.29, 0.717) is 0 Å². The summed E-state index contributed by atoms with van der Waals surface area (Å²) in [6.07, 6.45) is -3.52. The van der Waals surface area contributed by atoms with E-state index in [2.05, 4.69) is 0 Å². The Hall–Kier alpha value is -3.10. The molecule has 34 heavy (non-hydrogen) atoms. The van der Waals surface area contributed by atoms with Crippen LogP contribution in [-0.2, 0) is 34.0 Å². The lowest BCUT2D eigenvalue weighted by molar-refractivity contribution is -0.546. The first-order valence-corrected chi connectivity index (χ1v) is 11.4. The van der Waals surface area contributed by atoms with E-state index >= 15 is 0 Å². The molecule has 0 radical (unpaired) electrons. The predicted octanol–water partition coefficient (Wildman–Crippen LogP) is 4.15. The number of nitrogens with zero attached hydrogens (tertiary/aromatic N) is 1. The van der Waals surface area contributed by atoms with Crippen molar-refractivity contribution in [3.8, 4) is 0 Å². The maximum atomic E-state index is 11.8. The topological polar surface area (TPSA) is 91.1 Å². The minimum Gasteiger partial charge on any atom is -0.383 e. The van der Waals surface area contributed by atoms with Gasteiger partial charge in [0, 0.05) is 11.3 Å². The molecule has 7 nitrogen and oxygen atoms in total. The molecule has 3 aromatic rings. The molecule has 4 rings (SSSR count). The number of aliphatic hydroxyl groups is 1. The van der Waals surface area contributed by atoms with E-state index < -0.39 is 35.4 Å². The molecule has 0 heterocycles. The van der Waals surface area contributed by atoms with Gasteiger partial charge in [-0.1, -0.05) is 91.0 Å². The van der Waals surface area contributed by atoms with Gasteiger partial charge in [-0.25, -0.2) is 0 Å². The highest BCUT2D eigenvalue weighted by atomic mass is 16.6. The van der Waals surface area contributed by atoms with E-state index in [4.69, 9.17) is 14.2 Å². The summed E-state index contributed by atoms with van der Waals surface area (Å²) in [6, 6.07) is 27.6. The van der Waals surface area contributed by atoms with Gasteiger partial charge >= 0.3 is 0 Å². The molecule has 1 fully saturated rings. The van der Waals surface area contributed by atoms with Gasteiger partial charge in [0.2, 0.25) is 6.04 Å². The summed E-state index contributed by atoms with van der Waals surface area (Å²) in [4.78, 5) is 11.3. The normalized spacial score (nSPS) is 24.6. The van der Waals surface area contributed by atoms with Crippen LogP contribution in [0, 0.1) is 10.1 Å². The van der Waals surface area contributed by atoms with Crippen molar-refractivity contribution in [2.45, 2.75) is 56.7 Å². The standard InChI is InChI=1S/C27H29NO6/c29-25-23(28(30)31)16-24(32-17-20-10-4-1-5-11-20)26(33-18-21-12-6-2-7-13-21)27(25)34-19-22-14-8-3-9-15-22/h1-15,23-27,29H,16-19H2. The third-order valence-corrected chi connectivity index (χ3v) is 6.04. The summed E-state index contributed by atoms with van der Waals surface area (Å²) in [6.45, 7) is 0.754. The zero-order chi connectivity index (χ0) is 23.8. The molecule has 178 valence electrons. The molecule has 0 saturated heterocycles. The van der Waals surface area contributed by atoms with Crippen molar-refractivity contribution in [2.24, 2.45) is 0 Å². The van der Waals surface area contributed by atoms with Crippen molar-refractivity contribution in [1.29, 1.82) is 0 Å². The van der Waals surface area contributed by atoms with Crippen LogP contribution in [0.15, 0.2) is 91.0 Å². The Kier molecular flexibility index (Phi) is 8.38. The van der Waals surface area contributed by atoms with Gasteiger partial charge < -0.3 is 19.3 Å². The monoisotopic (exact) mass is 463 g/mol. The third-order valence-electron chi connectivity index (χ3n) is 6.04. The van der Waals surface area contributed by atoms with E-state index in [1.807, 2.05) is 91.0 Å². The highest BCUT2D eigenvalue weighted by Gasteiger charge is 2.51. The number of hydrogen-bond acceptors (Lipinski definition) is 6. The van der Waals surface area contributed by atoms with Crippen molar-refractivity contribution in [1.82, 2.24) is 0 Å². The summed E-state index contributed by atoms with van der Waals surface area (Å²) in [5.74, 6) is 0. The molecule has 1 aliphatic rings. The molecule has 0 spiro atoms. The summed E-state index contributed by atoms with van der Waals surface area (Å²) >= 11 is 0. The molecule has 0 bridgehead atoms. The summed E-state index contributed by atoms with van der Waals surface area (Å²) in [7, 11) is 0. The molecule has 7 heteroatoms. The Morgan fingerprint density at radius 1 is 0.706 bits per heavy atom. The van der Waals surface area contributed by atoms with Gasteiger partial charge in [-0.3, -0.25) is 10.1 Å². The second kappa shape index (κ2) is 11.9. The first-order valence-electron chi connectivity index (χ1n) is 11.4. The fourth-order valence-electron chi connectivity index (χ4n) is 4.22. The lowest BCUT2D eigenvalue weighted by Crippen LogP contribution is -2.60. The van der Waals surface area contributed by atoms with Gasteiger partial charge in [-0.15, -0.1) is 0 Å². The van der Waals surface area contributed by atoms with Crippen LogP contribution in [0.25, 0.3) is 0 Å². The van der Waals surface area contributed by atoms with Crippen LogP contribution in [0.5, 0.6) is 0 Å². The van der Waals surface area contributed by atoms with E-state index in [0.717, 1.165) is 16.7 Å². The Balaban J connectivity index is 1.56. The summed E-state index contributed by atoms with van der Waals surface area (Å²) in [5, 5.41) is 22.7. The second-order valence-electron chi connectivity index (χ2n) is 8.44. The molecule has 5 atom stereocenters.